The first-order valence-corrected chi connectivity index (χ1v) is 8.91. The third-order valence-electron chi connectivity index (χ3n) is 4.23. The minimum Gasteiger partial charge on any atom is -0.275 e. The van der Waals surface area contributed by atoms with Crippen LogP contribution in [0.15, 0.2) is 47.5 Å². The number of thioether (sulfide) groups is 1. The second-order valence-electron chi connectivity index (χ2n) is 6.03. The van der Waals surface area contributed by atoms with E-state index in [9.17, 15) is 0 Å². The molecule has 0 saturated carbocycles. The van der Waals surface area contributed by atoms with Gasteiger partial charge in [-0.05, 0) is 44.0 Å². The second kappa shape index (κ2) is 5.91. The number of hydrogen-bond donors (Lipinski definition) is 0. The molecule has 0 bridgehead atoms. The molecule has 0 aliphatic rings. The fraction of sp³-hybridized carbons (Fsp3) is 0.211. The summed E-state index contributed by atoms with van der Waals surface area (Å²) in [4.78, 5) is 4.82. The van der Waals surface area contributed by atoms with E-state index in [4.69, 9.17) is 4.98 Å². The van der Waals surface area contributed by atoms with Gasteiger partial charge >= 0.3 is 0 Å². The number of benzene rings is 2. The first-order chi connectivity index (χ1) is 11.6. The van der Waals surface area contributed by atoms with Gasteiger partial charge in [-0.25, -0.2) is 4.98 Å². The highest BCUT2D eigenvalue weighted by Gasteiger charge is 2.13. The lowest BCUT2D eigenvalue weighted by Crippen LogP contribution is -1.97. The molecule has 4 nitrogen and oxygen atoms in total. The van der Waals surface area contributed by atoms with E-state index in [0.29, 0.717) is 0 Å². The normalized spacial score (nSPS) is 11.5. The van der Waals surface area contributed by atoms with E-state index in [-0.39, 0.29) is 0 Å². The molecular weight excluding hydrogens is 316 g/mol. The molecule has 0 fully saturated rings. The van der Waals surface area contributed by atoms with Crippen LogP contribution >= 0.6 is 11.8 Å². The van der Waals surface area contributed by atoms with Gasteiger partial charge in [-0.1, -0.05) is 47.7 Å². The molecule has 0 N–H and O–H groups in total. The monoisotopic (exact) mass is 334 g/mol. The smallest absolute Gasteiger partial charge is 0.193 e. The van der Waals surface area contributed by atoms with Crippen molar-refractivity contribution in [2.75, 3.05) is 0 Å². The minimum atomic E-state index is 0.835. The third kappa shape index (κ3) is 2.55. The summed E-state index contributed by atoms with van der Waals surface area (Å²) in [5.74, 6) is 1.76. The quantitative estimate of drug-likeness (QED) is 0.518. The van der Waals surface area contributed by atoms with Crippen molar-refractivity contribution in [2.24, 2.45) is 0 Å². The predicted molar refractivity (Wildman–Crippen MR) is 98.5 cm³/mol. The molecule has 2 aromatic carbocycles. The zero-order valence-electron chi connectivity index (χ0n) is 13.9. The van der Waals surface area contributed by atoms with E-state index >= 15 is 0 Å². The highest BCUT2D eigenvalue weighted by Crippen LogP contribution is 2.29. The van der Waals surface area contributed by atoms with Crippen molar-refractivity contribution >= 4 is 28.4 Å². The first kappa shape index (κ1) is 15.1. The Hall–Kier alpha value is -2.40. The van der Waals surface area contributed by atoms with Gasteiger partial charge in [-0.2, -0.15) is 0 Å². The maximum absolute atomic E-state index is 4.82. The second-order valence-corrected chi connectivity index (χ2v) is 6.99. The number of fused-ring (bicyclic) bond motifs is 3. The Kier molecular flexibility index (Phi) is 3.73. The van der Waals surface area contributed by atoms with E-state index in [0.717, 1.165) is 33.3 Å². The van der Waals surface area contributed by atoms with Crippen molar-refractivity contribution < 1.29 is 0 Å². The van der Waals surface area contributed by atoms with Crippen LogP contribution < -0.4 is 0 Å². The van der Waals surface area contributed by atoms with Crippen LogP contribution in [0.25, 0.3) is 16.7 Å². The van der Waals surface area contributed by atoms with E-state index in [1.165, 1.54) is 16.7 Å². The topological polar surface area (TPSA) is 43.1 Å². The van der Waals surface area contributed by atoms with Gasteiger partial charge < -0.3 is 0 Å². The lowest BCUT2D eigenvalue weighted by molar-refractivity contribution is 1.02. The molecule has 0 unspecified atom stereocenters. The molecule has 0 spiro atoms. The molecule has 0 amide bonds. The first-order valence-electron chi connectivity index (χ1n) is 7.93. The van der Waals surface area contributed by atoms with Crippen LogP contribution in [0.3, 0.4) is 0 Å². The van der Waals surface area contributed by atoms with Crippen LogP contribution in [0.2, 0.25) is 0 Å². The zero-order chi connectivity index (χ0) is 16.7. The number of aryl methyl sites for hydroxylation is 3. The summed E-state index contributed by atoms with van der Waals surface area (Å²) in [6.07, 6.45) is 0. The van der Waals surface area contributed by atoms with Crippen molar-refractivity contribution in [3.8, 4) is 0 Å². The van der Waals surface area contributed by atoms with Gasteiger partial charge in [0, 0.05) is 5.75 Å². The van der Waals surface area contributed by atoms with E-state index in [1.807, 2.05) is 25.1 Å². The lowest BCUT2D eigenvalue weighted by Gasteiger charge is -2.09. The minimum absolute atomic E-state index is 0.835. The number of aromatic nitrogens is 4. The molecule has 4 rings (SSSR count). The summed E-state index contributed by atoms with van der Waals surface area (Å²) in [6, 6.07) is 14.7. The molecule has 2 heterocycles. The fourth-order valence-corrected chi connectivity index (χ4v) is 3.92. The lowest BCUT2D eigenvalue weighted by atomic mass is 10.1. The van der Waals surface area contributed by atoms with Gasteiger partial charge in [0.25, 0.3) is 0 Å². The number of para-hydroxylation sites is 2. The molecule has 0 saturated heterocycles. The van der Waals surface area contributed by atoms with Crippen LogP contribution in [0.4, 0.5) is 0 Å². The molecular formula is C19H18N4S. The van der Waals surface area contributed by atoms with Crippen LogP contribution in [0, 0.1) is 20.8 Å². The summed E-state index contributed by atoms with van der Waals surface area (Å²) in [6.45, 7) is 6.26. The number of nitrogens with zero attached hydrogens (tertiary/aromatic N) is 4. The largest absolute Gasteiger partial charge is 0.275 e. The third-order valence-corrected chi connectivity index (χ3v) is 5.23. The maximum Gasteiger partial charge on any atom is 0.193 e. The summed E-state index contributed by atoms with van der Waals surface area (Å²) in [5, 5.41) is 9.53. The van der Waals surface area contributed by atoms with E-state index < -0.39 is 0 Å². The van der Waals surface area contributed by atoms with Crippen LogP contribution in [-0.4, -0.2) is 19.6 Å². The average Bonchev–Trinajstić information content (AvgIpc) is 2.98. The summed E-state index contributed by atoms with van der Waals surface area (Å²) in [7, 11) is 0. The van der Waals surface area contributed by atoms with Crippen LogP contribution in [0.1, 0.15) is 22.5 Å². The molecule has 2 aromatic heterocycles. The number of rotatable bonds is 3. The summed E-state index contributed by atoms with van der Waals surface area (Å²) >= 11 is 1.72. The number of hydrogen-bond acceptors (Lipinski definition) is 4. The Morgan fingerprint density at radius 1 is 1.00 bits per heavy atom. The van der Waals surface area contributed by atoms with Gasteiger partial charge in [0.05, 0.1) is 11.0 Å². The Bertz CT molecular complexity index is 1050. The SMILES string of the molecule is Cc1ccc(C)c(CSc2nc3ccccc3n3c(C)nnc23)c1. The average molecular weight is 334 g/mol. The fourth-order valence-electron chi connectivity index (χ4n) is 2.90. The van der Waals surface area contributed by atoms with Gasteiger partial charge in [-0.3, -0.25) is 4.40 Å². The van der Waals surface area contributed by atoms with E-state index in [1.54, 1.807) is 11.8 Å². The molecule has 0 atom stereocenters. The molecule has 5 heteroatoms. The van der Waals surface area contributed by atoms with Gasteiger partial charge in [0.2, 0.25) is 0 Å². The highest BCUT2D eigenvalue weighted by atomic mass is 32.2. The molecule has 0 aliphatic carbocycles. The molecule has 0 aliphatic heterocycles. The van der Waals surface area contributed by atoms with Crippen molar-refractivity contribution in [1.82, 2.24) is 19.6 Å². The molecule has 0 radical (unpaired) electrons. The van der Waals surface area contributed by atoms with Crippen molar-refractivity contribution in [1.29, 1.82) is 0 Å². The van der Waals surface area contributed by atoms with E-state index in [2.05, 4.69) is 52.7 Å². The Morgan fingerprint density at radius 2 is 1.83 bits per heavy atom. The van der Waals surface area contributed by atoms with Crippen LogP contribution in [0.5, 0.6) is 0 Å². The van der Waals surface area contributed by atoms with Crippen LogP contribution in [-0.2, 0) is 5.75 Å². The Morgan fingerprint density at radius 3 is 2.71 bits per heavy atom. The summed E-state index contributed by atoms with van der Waals surface area (Å²) in [5.41, 5.74) is 6.78. The predicted octanol–water partition coefficient (Wildman–Crippen LogP) is 4.50. The standard InChI is InChI=1S/C19H18N4S/c1-12-8-9-13(2)15(10-12)11-24-19-18-22-21-14(3)23(18)17-7-5-4-6-16(17)20-19/h4-10H,11H2,1-3H3. The van der Waals surface area contributed by atoms with Crippen molar-refractivity contribution in [3.63, 3.8) is 0 Å². The van der Waals surface area contributed by atoms with Gasteiger partial charge in [0.1, 0.15) is 10.9 Å². The van der Waals surface area contributed by atoms with Crippen molar-refractivity contribution in [2.45, 2.75) is 31.6 Å². The van der Waals surface area contributed by atoms with Gasteiger partial charge in [-0.15, -0.1) is 10.2 Å². The maximum atomic E-state index is 4.82. The molecule has 120 valence electrons. The Labute approximate surface area is 144 Å². The Balaban J connectivity index is 1.79. The zero-order valence-corrected chi connectivity index (χ0v) is 14.8. The van der Waals surface area contributed by atoms with Crippen molar-refractivity contribution in [3.05, 3.63) is 65.0 Å². The van der Waals surface area contributed by atoms with Gasteiger partial charge in [0.15, 0.2) is 5.65 Å². The molecule has 24 heavy (non-hydrogen) atoms. The highest BCUT2D eigenvalue weighted by molar-refractivity contribution is 7.98. The molecule has 4 aromatic rings. The summed E-state index contributed by atoms with van der Waals surface area (Å²) < 4.78 is 2.09.